The lowest BCUT2D eigenvalue weighted by atomic mass is 10.1. The molecule has 5 rings (SSSR count). The van der Waals surface area contributed by atoms with Gasteiger partial charge in [0.1, 0.15) is 15.8 Å². The average Bonchev–Trinajstić information content (AvgIpc) is 3.53. The van der Waals surface area contributed by atoms with Crippen LogP contribution >= 0.6 is 57.5 Å². The third-order valence-corrected chi connectivity index (χ3v) is 8.36. The fourth-order valence-corrected chi connectivity index (χ4v) is 6.24. The van der Waals surface area contributed by atoms with Crippen LogP contribution in [-0.2, 0) is 0 Å². The normalized spacial score (nSPS) is 19.7. The number of carbonyl (C=O) groups is 1. The number of pyridine rings is 1. The topological polar surface area (TPSA) is 70.2 Å². The number of hydrogen-bond donors (Lipinski definition) is 2. The lowest BCUT2D eigenvalue weighted by Crippen LogP contribution is -2.33. The molecular formula is C20H20Cl3N5OS2. The number of aromatic nitrogens is 2. The third kappa shape index (κ3) is 4.99. The second kappa shape index (κ2) is 10.0. The largest absolute Gasteiger partial charge is 0.365 e. The van der Waals surface area contributed by atoms with Crippen LogP contribution in [0.25, 0.3) is 10.6 Å². The fraction of sp³-hybridized carbons (Fsp3) is 0.350. The van der Waals surface area contributed by atoms with Gasteiger partial charge in [-0.3, -0.25) is 4.79 Å². The minimum atomic E-state index is 0.215. The zero-order chi connectivity index (χ0) is 22.0. The van der Waals surface area contributed by atoms with Crippen molar-refractivity contribution in [3.8, 4) is 10.6 Å². The van der Waals surface area contributed by atoms with Gasteiger partial charge in [0.05, 0.1) is 14.9 Å². The summed E-state index contributed by atoms with van der Waals surface area (Å²) in [6, 6.07) is 4.10. The highest BCUT2D eigenvalue weighted by Gasteiger charge is 2.39. The SMILES string of the molecule is CNc1nc(-c2cc(Cl)cs2)c(N2CCC3CNCC32)s1.O=Cc1cnc(Cl)c(Cl)c1. The Morgan fingerprint density at radius 2 is 2.13 bits per heavy atom. The van der Waals surface area contributed by atoms with Crippen molar-refractivity contribution in [1.82, 2.24) is 15.3 Å². The van der Waals surface area contributed by atoms with Crippen molar-refractivity contribution >= 4 is 73.9 Å². The van der Waals surface area contributed by atoms with E-state index in [-0.39, 0.29) is 5.15 Å². The number of aldehydes is 1. The van der Waals surface area contributed by atoms with Crippen molar-refractivity contribution in [1.29, 1.82) is 0 Å². The van der Waals surface area contributed by atoms with E-state index < -0.39 is 0 Å². The number of thiazole rings is 1. The lowest BCUT2D eigenvalue weighted by molar-refractivity contribution is 0.112. The Morgan fingerprint density at radius 1 is 1.29 bits per heavy atom. The number of fused-ring (bicyclic) bond motifs is 1. The Bertz CT molecular complexity index is 1070. The highest BCUT2D eigenvalue weighted by atomic mass is 35.5. The molecule has 0 bridgehead atoms. The van der Waals surface area contributed by atoms with Gasteiger partial charge in [-0.25, -0.2) is 9.97 Å². The number of carbonyl (C=O) groups excluding carboxylic acids is 1. The van der Waals surface area contributed by atoms with Gasteiger partial charge in [0, 0.05) is 49.9 Å². The van der Waals surface area contributed by atoms with Crippen LogP contribution in [0.4, 0.5) is 10.1 Å². The number of anilines is 2. The van der Waals surface area contributed by atoms with Crippen LogP contribution in [0.3, 0.4) is 0 Å². The zero-order valence-corrected chi connectivity index (χ0v) is 20.5. The molecule has 5 heterocycles. The molecule has 6 nitrogen and oxygen atoms in total. The zero-order valence-electron chi connectivity index (χ0n) is 16.6. The maximum atomic E-state index is 10.1. The van der Waals surface area contributed by atoms with Crippen molar-refractivity contribution in [2.24, 2.45) is 5.92 Å². The fourth-order valence-electron chi connectivity index (χ4n) is 3.81. The number of hydrogen-bond acceptors (Lipinski definition) is 8. The molecule has 3 aromatic rings. The molecule has 11 heteroatoms. The summed E-state index contributed by atoms with van der Waals surface area (Å²) in [5.74, 6) is 0.782. The van der Waals surface area contributed by atoms with Crippen LogP contribution in [0, 0.1) is 5.92 Å². The minimum absolute atomic E-state index is 0.215. The molecular weight excluding hydrogens is 497 g/mol. The Balaban J connectivity index is 0.000000196. The van der Waals surface area contributed by atoms with Gasteiger partial charge in [0.25, 0.3) is 0 Å². The predicted molar refractivity (Wildman–Crippen MR) is 132 cm³/mol. The molecule has 2 fully saturated rings. The molecule has 2 aliphatic rings. The van der Waals surface area contributed by atoms with Crippen molar-refractivity contribution in [3.63, 3.8) is 0 Å². The number of halogens is 3. The maximum Gasteiger partial charge on any atom is 0.185 e. The molecule has 2 unspecified atom stereocenters. The van der Waals surface area contributed by atoms with Gasteiger partial charge in [-0.05, 0) is 24.5 Å². The van der Waals surface area contributed by atoms with Gasteiger partial charge in [-0.1, -0.05) is 46.1 Å². The second-order valence-electron chi connectivity index (χ2n) is 7.18. The summed E-state index contributed by atoms with van der Waals surface area (Å²) < 4.78 is 0. The van der Waals surface area contributed by atoms with Gasteiger partial charge in [-0.2, -0.15) is 0 Å². The Morgan fingerprint density at radius 3 is 2.81 bits per heavy atom. The summed E-state index contributed by atoms with van der Waals surface area (Å²) in [5.41, 5.74) is 1.50. The maximum absolute atomic E-state index is 10.1. The summed E-state index contributed by atoms with van der Waals surface area (Å²) in [5, 5.41) is 12.2. The molecule has 0 aliphatic carbocycles. The monoisotopic (exact) mass is 515 g/mol. The van der Waals surface area contributed by atoms with Crippen LogP contribution in [0.2, 0.25) is 15.2 Å². The molecule has 0 amide bonds. The summed E-state index contributed by atoms with van der Waals surface area (Å²) in [7, 11) is 1.93. The number of nitrogens with one attached hydrogen (secondary N) is 2. The van der Waals surface area contributed by atoms with E-state index in [1.165, 1.54) is 23.7 Å². The highest BCUT2D eigenvalue weighted by molar-refractivity contribution is 7.21. The van der Waals surface area contributed by atoms with E-state index in [9.17, 15) is 4.79 Å². The van der Waals surface area contributed by atoms with E-state index in [2.05, 4.69) is 20.5 Å². The van der Waals surface area contributed by atoms with Crippen LogP contribution < -0.4 is 15.5 Å². The first kappa shape index (κ1) is 22.8. The molecule has 0 spiro atoms. The summed E-state index contributed by atoms with van der Waals surface area (Å²) in [6.07, 6.45) is 3.30. The molecule has 31 heavy (non-hydrogen) atoms. The van der Waals surface area contributed by atoms with E-state index >= 15 is 0 Å². The quantitative estimate of drug-likeness (QED) is 0.349. The van der Waals surface area contributed by atoms with Crippen LogP contribution in [0.15, 0.2) is 23.7 Å². The molecule has 0 saturated carbocycles. The van der Waals surface area contributed by atoms with Gasteiger partial charge in [0.15, 0.2) is 11.4 Å². The summed E-state index contributed by atoms with van der Waals surface area (Å²) in [6.45, 7) is 3.37. The molecule has 2 N–H and O–H groups in total. The number of rotatable bonds is 4. The Kier molecular flexibility index (Phi) is 7.36. The van der Waals surface area contributed by atoms with Crippen LogP contribution in [0.1, 0.15) is 16.8 Å². The second-order valence-corrected chi connectivity index (χ2v) is 10.3. The van der Waals surface area contributed by atoms with E-state index in [0.717, 1.165) is 46.3 Å². The number of nitrogens with zero attached hydrogens (tertiary/aromatic N) is 3. The third-order valence-electron chi connectivity index (χ3n) is 5.28. The van der Waals surface area contributed by atoms with Crippen molar-refractivity contribution < 1.29 is 4.79 Å². The minimum Gasteiger partial charge on any atom is -0.365 e. The van der Waals surface area contributed by atoms with E-state index in [4.69, 9.17) is 39.8 Å². The van der Waals surface area contributed by atoms with Gasteiger partial charge >= 0.3 is 0 Å². The predicted octanol–water partition coefficient (Wildman–Crippen LogP) is 5.57. The smallest absolute Gasteiger partial charge is 0.185 e. The molecule has 2 saturated heterocycles. The first-order valence-electron chi connectivity index (χ1n) is 9.66. The number of thiophene rings is 1. The first-order chi connectivity index (χ1) is 15.0. The summed E-state index contributed by atoms with van der Waals surface area (Å²) >= 11 is 20.5. The van der Waals surface area contributed by atoms with Crippen molar-refractivity contribution in [2.45, 2.75) is 12.5 Å². The van der Waals surface area contributed by atoms with Crippen molar-refractivity contribution in [3.05, 3.63) is 44.5 Å². The highest BCUT2D eigenvalue weighted by Crippen LogP contribution is 2.45. The average molecular weight is 517 g/mol. The van der Waals surface area contributed by atoms with Crippen molar-refractivity contribution in [2.75, 3.05) is 36.9 Å². The molecule has 164 valence electrons. The van der Waals surface area contributed by atoms with E-state index in [1.54, 1.807) is 22.7 Å². The molecule has 2 atom stereocenters. The van der Waals surface area contributed by atoms with Crippen LogP contribution in [0.5, 0.6) is 0 Å². The van der Waals surface area contributed by atoms with E-state index in [0.29, 0.717) is 22.9 Å². The van der Waals surface area contributed by atoms with Crippen LogP contribution in [-0.4, -0.2) is 49.0 Å². The van der Waals surface area contributed by atoms with Gasteiger partial charge in [-0.15, -0.1) is 11.3 Å². The molecule has 3 aromatic heterocycles. The van der Waals surface area contributed by atoms with Gasteiger partial charge in [0.2, 0.25) is 0 Å². The Labute approximate surface area is 203 Å². The molecule has 0 aromatic carbocycles. The first-order valence-corrected chi connectivity index (χ1v) is 12.5. The lowest BCUT2D eigenvalue weighted by Gasteiger charge is -2.24. The summed E-state index contributed by atoms with van der Waals surface area (Å²) in [4.78, 5) is 22.3. The van der Waals surface area contributed by atoms with Gasteiger partial charge < -0.3 is 15.5 Å². The Hall–Kier alpha value is -1.42. The molecule has 0 radical (unpaired) electrons. The molecule has 2 aliphatic heterocycles. The standard InChI is InChI=1S/C14H17ClN4S2.C6H3Cl2NO/c1-16-14-18-12(11-4-9(15)7-20-11)13(21-14)19-3-2-8-5-17-6-10(8)19;7-5-1-4(3-10)2-9-6(5)8/h4,7-8,10,17H,2-3,5-6H2,1H3,(H,16,18);1-3H. The van der Waals surface area contributed by atoms with E-state index in [1.807, 2.05) is 18.5 Å².